The Morgan fingerprint density at radius 1 is 1.40 bits per heavy atom. The number of carbonyl (C=O) groups is 1. The highest BCUT2D eigenvalue weighted by Crippen LogP contribution is 2.07. The van der Waals surface area contributed by atoms with Gasteiger partial charge in [0.1, 0.15) is 0 Å². The first-order valence-corrected chi connectivity index (χ1v) is 4.92. The Morgan fingerprint density at radius 2 is 2.07 bits per heavy atom. The average molecular weight is 203 g/mol. The molecule has 0 bridgehead atoms. The van der Waals surface area contributed by atoms with Gasteiger partial charge in [-0.1, -0.05) is 31.2 Å². The molecule has 0 unspecified atom stereocenters. The monoisotopic (exact) mass is 203 g/mol. The zero-order valence-electron chi connectivity index (χ0n) is 8.90. The molecule has 0 aliphatic heterocycles. The fourth-order valence-corrected chi connectivity index (χ4v) is 1.19. The smallest absolute Gasteiger partial charge is 0.337 e. The largest absolute Gasteiger partial charge is 0.465 e. The van der Waals surface area contributed by atoms with E-state index in [9.17, 15) is 4.79 Å². The van der Waals surface area contributed by atoms with Gasteiger partial charge in [0.05, 0.1) is 12.7 Å². The second kappa shape index (κ2) is 6.02. The van der Waals surface area contributed by atoms with Gasteiger partial charge in [-0.25, -0.2) is 4.79 Å². The Hall–Kier alpha value is -1.57. The number of methoxy groups -OCH3 is 1. The van der Waals surface area contributed by atoms with E-state index in [1.54, 1.807) is 12.1 Å². The second-order valence-electron chi connectivity index (χ2n) is 3.16. The third-order valence-electron chi connectivity index (χ3n) is 2.01. The van der Waals surface area contributed by atoms with Gasteiger partial charge < -0.3 is 4.74 Å². The number of hydrogen-bond donors (Lipinski definition) is 0. The summed E-state index contributed by atoms with van der Waals surface area (Å²) in [6.07, 6.45) is 5.96. The van der Waals surface area contributed by atoms with Gasteiger partial charge in [0.25, 0.3) is 0 Å². The molecule has 2 heteroatoms. The number of rotatable bonds is 4. The van der Waals surface area contributed by atoms with Gasteiger partial charge >= 0.3 is 5.97 Å². The maximum Gasteiger partial charge on any atom is 0.337 e. The molecule has 1 aromatic rings. The van der Waals surface area contributed by atoms with Crippen molar-refractivity contribution in [2.75, 3.05) is 7.11 Å². The molecular formula is C13H15O2. The Bertz CT molecular complexity index is 336. The maximum atomic E-state index is 11.1. The lowest BCUT2D eigenvalue weighted by atomic mass is 10.1. The van der Waals surface area contributed by atoms with E-state index < -0.39 is 0 Å². The molecule has 0 spiro atoms. The average Bonchev–Trinajstić information content (AvgIpc) is 2.29. The molecule has 0 heterocycles. The van der Waals surface area contributed by atoms with Gasteiger partial charge in [0.15, 0.2) is 0 Å². The van der Waals surface area contributed by atoms with Crippen LogP contribution >= 0.6 is 0 Å². The normalized spacial score (nSPS) is 10.5. The van der Waals surface area contributed by atoms with Crippen LogP contribution in [0.3, 0.4) is 0 Å². The highest BCUT2D eigenvalue weighted by Gasteiger charge is 2.02. The molecule has 0 amide bonds. The van der Waals surface area contributed by atoms with E-state index in [1.165, 1.54) is 7.11 Å². The first-order valence-electron chi connectivity index (χ1n) is 4.92. The lowest BCUT2D eigenvalue weighted by Crippen LogP contribution is -2.00. The first-order chi connectivity index (χ1) is 7.27. The van der Waals surface area contributed by atoms with Crippen molar-refractivity contribution in [1.29, 1.82) is 0 Å². The minimum Gasteiger partial charge on any atom is -0.465 e. The first kappa shape index (κ1) is 11.5. The van der Waals surface area contributed by atoms with Crippen molar-refractivity contribution >= 4 is 12.0 Å². The summed E-state index contributed by atoms with van der Waals surface area (Å²) in [4.78, 5) is 11.1. The molecule has 0 atom stereocenters. The standard InChI is InChI=1S/C13H15O2/c1-3-4-5-6-11-7-9-12(10-8-11)13(14)15-2/h5-10H,1,3-4H2,2H3. The van der Waals surface area contributed by atoms with Gasteiger partial charge in [-0.05, 0) is 30.5 Å². The summed E-state index contributed by atoms with van der Waals surface area (Å²) in [7, 11) is 1.38. The van der Waals surface area contributed by atoms with Crippen LogP contribution in [0.2, 0.25) is 0 Å². The van der Waals surface area contributed by atoms with Gasteiger partial charge in [-0.3, -0.25) is 0 Å². The van der Waals surface area contributed by atoms with Crippen LogP contribution < -0.4 is 0 Å². The maximum absolute atomic E-state index is 11.1. The quantitative estimate of drug-likeness (QED) is 0.703. The Kier molecular flexibility index (Phi) is 4.61. The van der Waals surface area contributed by atoms with Gasteiger partial charge in [0, 0.05) is 0 Å². The molecule has 2 nitrogen and oxygen atoms in total. The van der Waals surface area contributed by atoms with Crippen LogP contribution in [-0.4, -0.2) is 13.1 Å². The van der Waals surface area contributed by atoms with Crippen LogP contribution in [0.25, 0.3) is 6.08 Å². The fraction of sp³-hybridized carbons (Fsp3) is 0.231. The van der Waals surface area contributed by atoms with Crippen LogP contribution in [0.5, 0.6) is 0 Å². The zero-order chi connectivity index (χ0) is 11.1. The van der Waals surface area contributed by atoms with E-state index in [0.29, 0.717) is 5.56 Å². The van der Waals surface area contributed by atoms with E-state index in [4.69, 9.17) is 0 Å². The number of unbranched alkanes of at least 4 members (excludes halogenated alkanes) is 1. The topological polar surface area (TPSA) is 26.3 Å². The van der Waals surface area contributed by atoms with Crippen LogP contribution in [0, 0.1) is 6.92 Å². The molecule has 0 fully saturated rings. The van der Waals surface area contributed by atoms with E-state index >= 15 is 0 Å². The van der Waals surface area contributed by atoms with Crippen LogP contribution in [-0.2, 0) is 4.74 Å². The van der Waals surface area contributed by atoms with Crippen LogP contribution in [0.1, 0.15) is 28.8 Å². The number of allylic oxidation sites excluding steroid dienone is 1. The molecule has 1 rings (SSSR count). The van der Waals surface area contributed by atoms with Crippen molar-refractivity contribution in [2.24, 2.45) is 0 Å². The summed E-state index contributed by atoms with van der Waals surface area (Å²) < 4.78 is 4.61. The molecule has 0 aliphatic carbocycles. The number of hydrogen-bond acceptors (Lipinski definition) is 2. The van der Waals surface area contributed by atoms with Crippen molar-refractivity contribution in [1.82, 2.24) is 0 Å². The zero-order valence-corrected chi connectivity index (χ0v) is 8.90. The number of esters is 1. The Balaban J connectivity index is 2.68. The van der Waals surface area contributed by atoms with E-state index in [2.05, 4.69) is 17.7 Å². The molecular weight excluding hydrogens is 188 g/mol. The molecule has 0 saturated heterocycles. The van der Waals surface area contributed by atoms with Crippen molar-refractivity contribution in [2.45, 2.75) is 12.8 Å². The predicted octanol–water partition coefficient (Wildman–Crippen LogP) is 3.10. The Morgan fingerprint density at radius 3 is 2.60 bits per heavy atom. The van der Waals surface area contributed by atoms with E-state index in [0.717, 1.165) is 18.4 Å². The minimum atomic E-state index is -0.303. The summed E-state index contributed by atoms with van der Waals surface area (Å²) in [5.74, 6) is -0.303. The van der Waals surface area contributed by atoms with Gasteiger partial charge in [-0.15, -0.1) is 0 Å². The van der Waals surface area contributed by atoms with Gasteiger partial charge in [0.2, 0.25) is 0 Å². The molecule has 0 aromatic heterocycles. The van der Waals surface area contributed by atoms with Crippen LogP contribution in [0.15, 0.2) is 30.3 Å². The van der Waals surface area contributed by atoms with E-state index in [1.807, 2.05) is 18.2 Å². The third kappa shape index (κ3) is 3.58. The van der Waals surface area contributed by atoms with Crippen molar-refractivity contribution in [3.8, 4) is 0 Å². The highest BCUT2D eigenvalue weighted by atomic mass is 16.5. The van der Waals surface area contributed by atoms with Crippen LogP contribution in [0.4, 0.5) is 0 Å². The fourth-order valence-electron chi connectivity index (χ4n) is 1.19. The molecule has 0 N–H and O–H groups in total. The van der Waals surface area contributed by atoms with Crippen molar-refractivity contribution < 1.29 is 9.53 Å². The second-order valence-corrected chi connectivity index (χ2v) is 3.16. The van der Waals surface area contributed by atoms with Gasteiger partial charge in [-0.2, -0.15) is 0 Å². The third-order valence-corrected chi connectivity index (χ3v) is 2.01. The highest BCUT2D eigenvalue weighted by molar-refractivity contribution is 5.89. The summed E-state index contributed by atoms with van der Waals surface area (Å²) in [5, 5.41) is 0. The predicted molar refractivity (Wildman–Crippen MR) is 61.4 cm³/mol. The SMILES string of the molecule is [CH2]CCC=Cc1ccc(C(=O)OC)cc1. The molecule has 79 valence electrons. The summed E-state index contributed by atoms with van der Waals surface area (Å²) in [6, 6.07) is 7.31. The summed E-state index contributed by atoms with van der Waals surface area (Å²) in [5.41, 5.74) is 1.66. The summed E-state index contributed by atoms with van der Waals surface area (Å²) >= 11 is 0. The molecule has 15 heavy (non-hydrogen) atoms. The van der Waals surface area contributed by atoms with Crippen molar-refractivity contribution in [3.05, 3.63) is 48.4 Å². The molecule has 0 aliphatic rings. The number of benzene rings is 1. The lowest BCUT2D eigenvalue weighted by molar-refractivity contribution is 0.0601. The van der Waals surface area contributed by atoms with E-state index in [-0.39, 0.29) is 5.97 Å². The van der Waals surface area contributed by atoms with Crippen molar-refractivity contribution in [3.63, 3.8) is 0 Å². The minimum absolute atomic E-state index is 0.303. The number of carbonyl (C=O) groups excluding carboxylic acids is 1. The number of ether oxygens (including phenoxy) is 1. The molecule has 0 saturated carbocycles. The molecule has 1 aromatic carbocycles. The lowest BCUT2D eigenvalue weighted by Gasteiger charge is -1.99. The molecule has 1 radical (unpaired) electrons. The summed E-state index contributed by atoms with van der Waals surface area (Å²) in [6.45, 7) is 3.75. The Labute approximate surface area is 90.6 Å².